The van der Waals surface area contributed by atoms with E-state index in [1.54, 1.807) is 0 Å². The summed E-state index contributed by atoms with van der Waals surface area (Å²) in [5.41, 5.74) is 7.12. The van der Waals surface area contributed by atoms with E-state index in [1.807, 2.05) is 30.3 Å². The van der Waals surface area contributed by atoms with E-state index in [4.69, 9.17) is 0 Å². The van der Waals surface area contributed by atoms with Crippen molar-refractivity contribution in [1.82, 2.24) is 10.9 Å². The van der Waals surface area contributed by atoms with Gasteiger partial charge in [0.15, 0.2) is 5.78 Å². The molecule has 2 atom stereocenters. The van der Waals surface area contributed by atoms with E-state index in [-0.39, 0.29) is 11.2 Å². The van der Waals surface area contributed by atoms with Gasteiger partial charge in [-0.1, -0.05) is 43.2 Å². The molecule has 0 bridgehead atoms. The van der Waals surface area contributed by atoms with Gasteiger partial charge in [-0.15, -0.1) is 0 Å². The minimum atomic E-state index is -0.877. The Bertz CT molecular complexity index is 503. The second kappa shape index (κ2) is 7.56. The maximum absolute atomic E-state index is 12.8. The summed E-state index contributed by atoms with van der Waals surface area (Å²) in [6.07, 6.45) is 6.08. The smallest absolute Gasteiger partial charge is 0.166 e. The standard InChI is InChI=1S/C19H28N2O2/c22-17(13-15-7-2-1-3-8-15)18(23)19(16-9-4-5-10-16)11-6-12-20-21-14-19/h1-3,7-8,16,18,20-21,23H,4-6,9-14H2. The molecule has 1 saturated carbocycles. The lowest BCUT2D eigenvalue weighted by Crippen LogP contribution is -2.52. The van der Waals surface area contributed by atoms with Crippen molar-refractivity contribution >= 4 is 5.78 Å². The number of hydrogen-bond acceptors (Lipinski definition) is 4. The second-order valence-electron chi connectivity index (χ2n) is 7.13. The normalized spacial score (nSPS) is 27.5. The number of Topliss-reactive ketones (excluding diaryl/α,β-unsaturated/α-hetero) is 1. The molecule has 2 unspecified atom stereocenters. The highest BCUT2D eigenvalue weighted by atomic mass is 16.3. The van der Waals surface area contributed by atoms with E-state index in [0.29, 0.717) is 18.9 Å². The molecule has 2 aliphatic rings. The number of aliphatic hydroxyl groups excluding tert-OH is 1. The van der Waals surface area contributed by atoms with Gasteiger partial charge in [-0.2, -0.15) is 0 Å². The summed E-state index contributed by atoms with van der Waals surface area (Å²) in [4.78, 5) is 12.8. The quantitative estimate of drug-likeness (QED) is 0.779. The van der Waals surface area contributed by atoms with E-state index in [2.05, 4.69) is 10.9 Å². The molecule has 0 aromatic heterocycles. The van der Waals surface area contributed by atoms with Gasteiger partial charge in [0.2, 0.25) is 0 Å². The monoisotopic (exact) mass is 316 g/mol. The first-order valence-corrected chi connectivity index (χ1v) is 8.93. The molecule has 1 aromatic carbocycles. The number of aliphatic hydroxyl groups is 1. The van der Waals surface area contributed by atoms with Crippen LogP contribution in [0.3, 0.4) is 0 Å². The average Bonchev–Trinajstić information content (AvgIpc) is 3.01. The van der Waals surface area contributed by atoms with Gasteiger partial charge in [0.05, 0.1) is 0 Å². The highest BCUT2D eigenvalue weighted by Gasteiger charge is 2.48. The third kappa shape index (κ3) is 3.65. The van der Waals surface area contributed by atoms with Crippen LogP contribution in [0.4, 0.5) is 0 Å². The fraction of sp³-hybridized carbons (Fsp3) is 0.632. The predicted octanol–water partition coefficient (Wildman–Crippen LogP) is 2.22. The van der Waals surface area contributed by atoms with Crippen LogP contribution in [0.2, 0.25) is 0 Å². The van der Waals surface area contributed by atoms with Crippen LogP contribution in [0.15, 0.2) is 30.3 Å². The number of carbonyl (C=O) groups excluding carboxylic acids is 1. The maximum Gasteiger partial charge on any atom is 0.166 e. The Morgan fingerprint density at radius 3 is 2.65 bits per heavy atom. The minimum Gasteiger partial charge on any atom is -0.385 e. The molecular weight excluding hydrogens is 288 g/mol. The van der Waals surface area contributed by atoms with Gasteiger partial charge < -0.3 is 5.11 Å². The molecule has 4 heteroatoms. The highest BCUT2D eigenvalue weighted by Crippen LogP contribution is 2.46. The lowest BCUT2D eigenvalue weighted by molar-refractivity contribution is -0.137. The van der Waals surface area contributed by atoms with Crippen molar-refractivity contribution in [2.75, 3.05) is 13.1 Å². The molecule has 1 heterocycles. The molecular formula is C19H28N2O2. The van der Waals surface area contributed by atoms with Crippen LogP contribution in [-0.2, 0) is 11.2 Å². The molecule has 0 spiro atoms. The van der Waals surface area contributed by atoms with Crippen molar-refractivity contribution in [2.24, 2.45) is 11.3 Å². The molecule has 3 N–H and O–H groups in total. The first kappa shape index (κ1) is 16.6. The van der Waals surface area contributed by atoms with Crippen molar-refractivity contribution in [1.29, 1.82) is 0 Å². The van der Waals surface area contributed by atoms with Gasteiger partial charge >= 0.3 is 0 Å². The summed E-state index contributed by atoms with van der Waals surface area (Å²) < 4.78 is 0. The molecule has 0 radical (unpaired) electrons. The van der Waals surface area contributed by atoms with Crippen molar-refractivity contribution in [3.63, 3.8) is 0 Å². The van der Waals surface area contributed by atoms with Crippen LogP contribution in [0.5, 0.6) is 0 Å². The van der Waals surface area contributed by atoms with Gasteiger partial charge in [-0.25, -0.2) is 0 Å². The molecule has 0 amide bonds. The van der Waals surface area contributed by atoms with Crippen molar-refractivity contribution in [3.8, 4) is 0 Å². The number of carbonyl (C=O) groups is 1. The largest absolute Gasteiger partial charge is 0.385 e. The van der Waals surface area contributed by atoms with Gasteiger partial charge in [0.25, 0.3) is 0 Å². The summed E-state index contributed by atoms with van der Waals surface area (Å²) in [5, 5.41) is 11.0. The van der Waals surface area contributed by atoms with Crippen LogP contribution < -0.4 is 10.9 Å². The molecule has 2 fully saturated rings. The topological polar surface area (TPSA) is 61.4 Å². The fourth-order valence-corrected chi connectivity index (χ4v) is 4.43. The lowest BCUT2D eigenvalue weighted by Gasteiger charge is -2.41. The second-order valence-corrected chi connectivity index (χ2v) is 7.13. The molecule has 1 saturated heterocycles. The van der Waals surface area contributed by atoms with E-state index in [0.717, 1.165) is 37.8 Å². The molecule has 126 valence electrons. The van der Waals surface area contributed by atoms with E-state index >= 15 is 0 Å². The number of hydrogen-bond donors (Lipinski definition) is 3. The number of hydrazine groups is 1. The lowest BCUT2D eigenvalue weighted by atomic mass is 9.66. The van der Waals surface area contributed by atoms with Gasteiger partial charge in [-0.05, 0) is 37.2 Å². The zero-order valence-corrected chi connectivity index (χ0v) is 13.8. The molecule has 3 rings (SSSR count). The Kier molecular flexibility index (Phi) is 5.46. The Morgan fingerprint density at radius 2 is 1.91 bits per heavy atom. The fourth-order valence-electron chi connectivity index (χ4n) is 4.43. The summed E-state index contributed by atoms with van der Waals surface area (Å²) in [6.45, 7) is 1.58. The summed E-state index contributed by atoms with van der Waals surface area (Å²) >= 11 is 0. The first-order chi connectivity index (χ1) is 11.2. The molecule has 23 heavy (non-hydrogen) atoms. The number of ketones is 1. The SMILES string of the molecule is O=C(Cc1ccccc1)C(O)C1(C2CCCC2)CCCNNC1. The Hall–Kier alpha value is -1.23. The summed E-state index contributed by atoms with van der Waals surface area (Å²) in [5.74, 6) is 0.413. The summed E-state index contributed by atoms with van der Waals surface area (Å²) in [7, 11) is 0. The third-order valence-corrected chi connectivity index (χ3v) is 5.73. The molecule has 1 aromatic rings. The minimum absolute atomic E-state index is 0.0354. The van der Waals surface area contributed by atoms with Gasteiger partial charge in [0.1, 0.15) is 6.10 Å². The van der Waals surface area contributed by atoms with E-state index < -0.39 is 6.10 Å². The Labute approximate surface area is 138 Å². The molecule has 1 aliphatic carbocycles. The summed E-state index contributed by atoms with van der Waals surface area (Å²) in [6, 6.07) is 9.75. The van der Waals surface area contributed by atoms with Crippen molar-refractivity contribution in [2.45, 2.75) is 51.0 Å². The maximum atomic E-state index is 12.8. The van der Waals surface area contributed by atoms with Crippen molar-refractivity contribution in [3.05, 3.63) is 35.9 Å². The van der Waals surface area contributed by atoms with E-state index in [9.17, 15) is 9.90 Å². The van der Waals surface area contributed by atoms with Crippen LogP contribution in [0, 0.1) is 11.3 Å². The predicted molar refractivity (Wildman–Crippen MR) is 90.8 cm³/mol. The average molecular weight is 316 g/mol. The van der Waals surface area contributed by atoms with E-state index in [1.165, 1.54) is 12.8 Å². The third-order valence-electron chi connectivity index (χ3n) is 5.73. The number of rotatable bonds is 5. The zero-order valence-electron chi connectivity index (χ0n) is 13.8. The highest BCUT2D eigenvalue weighted by molar-refractivity contribution is 5.86. The molecule has 1 aliphatic heterocycles. The first-order valence-electron chi connectivity index (χ1n) is 8.93. The number of benzene rings is 1. The number of nitrogens with one attached hydrogen (secondary N) is 2. The van der Waals surface area contributed by atoms with Crippen LogP contribution in [0.25, 0.3) is 0 Å². The van der Waals surface area contributed by atoms with Crippen molar-refractivity contribution < 1.29 is 9.90 Å². The van der Waals surface area contributed by atoms with Crippen LogP contribution in [-0.4, -0.2) is 30.1 Å². The zero-order chi connectivity index (χ0) is 16.1. The van der Waals surface area contributed by atoms with Crippen LogP contribution >= 0.6 is 0 Å². The van der Waals surface area contributed by atoms with Gasteiger partial charge in [-0.3, -0.25) is 15.6 Å². The Morgan fingerprint density at radius 1 is 1.17 bits per heavy atom. The van der Waals surface area contributed by atoms with Crippen LogP contribution in [0.1, 0.15) is 44.1 Å². The Balaban J connectivity index is 1.78. The molecule has 4 nitrogen and oxygen atoms in total. The van der Waals surface area contributed by atoms with Gasteiger partial charge in [0, 0.05) is 24.9 Å².